The van der Waals surface area contributed by atoms with Crippen LogP contribution in [0.4, 0.5) is 4.79 Å². The van der Waals surface area contributed by atoms with Gasteiger partial charge in [-0.3, -0.25) is 4.79 Å². The molecule has 3 N–H and O–H groups in total. The average Bonchev–Trinajstić information content (AvgIpc) is 3.18. The fourth-order valence-corrected chi connectivity index (χ4v) is 4.30. The normalized spacial score (nSPS) is 13.7. The molecule has 186 valence electrons. The predicted octanol–water partition coefficient (Wildman–Crippen LogP) is 3.86. The summed E-state index contributed by atoms with van der Waals surface area (Å²) in [4.78, 5) is 37.0. The van der Waals surface area contributed by atoms with Crippen LogP contribution in [0, 0.1) is 0 Å². The van der Waals surface area contributed by atoms with Gasteiger partial charge in [-0.05, 0) is 47.9 Å². The van der Waals surface area contributed by atoms with Crippen LogP contribution in [0.2, 0.25) is 0 Å². The van der Waals surface area contributed by atoms with E-state index in [4.69, 9.17) is 9.47 Å². The fourth-order valence-electron chi connectivity index (χ4n) is 4.30. The lowest BCUT2D eigenvalue weighted by Gasteiger charge is -2.22. The summed E-state index contributed by atoms with van der Waals surface area (Å²) in [5.41, 5.74) is 4.41. The summed E-state index contributed by atoms with van der Waals surface area (Å²) >= 11 is 0. The van der Waals surface area contributed by atoms with Crippen molar-refractivity contribution in [2.45, 2.75) is 43.7 Å². The molecule has 3 rings (SSSR count). The number of carbonyl (C=O) groups excluding carboxylic acids is 2. The molecular formula is C27H32N2O6. The number of alkyl carbamates (subject to hydrolysis) is 1. The number of nitrogens with one attached hydrogen (secondary N) is 2. The lowest BCUT2D eigenvalue weighted by molar-refractivity contribution is -0.142. The van der Waals surface area contributed by atoms with Crippen molar-refractivity contribution in [3.8, 4) is 11.1 Å². The Hall–Kier alpha value is -3.65. The Kier molecular flexibility index (Phi) is 9.43. The molecule has 0 bridgehead atoms. The third kappa shape index (κ3) is 6.70. The maximum atomic E-state index is 12.8. The van der Waals surface area contributed by atoms with Crippen molar-refractivity contribution in [1.29, 1.82) is 0 Å². The number of allylic oxidation sites excluding steroid dienone is 1. The number of hydrogen-bond acceptors (Lipinski definition) is 5. The molecule has 2 aromatic carbocycles. The molecule has 0 saturated carbocycles. The lowest BCUT2D eigenvalue weighted by atomic mass is 9.98. The maximum absolute atomic E-state index is 12.8. The zero-order valence-corrected chi connectivity index (χ0v) is 19.9. The minimum Gasteiger partial charge on any atom is -0.480 e. The first kappa shape index (κ1) is 26.0. The highest BCUT2D eigenvalue weighted by Gasteiger charge is 2.30. The van der Waals surface area contributed by atoms with E-state index in [1.807, 2.05) is 36.4 Å². The number of carboxylic acid groups (broad SMARTS) is 1. The molecule has 0 heterocycles. The van der Waals surface area contributed by atoms with Crippen LogP contribution in [0.1, 0.15) is 42.7 Å². The number of methoxy groups -OCH3 is 1. The molecule has 1 aliphatic rings. The van der Waals surface area contributed by atoms with E-state index in [1.165, 1.54) is 0 Å². The molecule has 0 spiro atoms. The number of carbonyl (C=O) groups is 3. The summed E-state index contributed by atoms with van der Waals surface area (Å²) in [6, 6.07) is 14.0. The Morgan fingerprint density at radius 3 is 2.20 bits per heavy atom. The van der Waals surface area contributed by atoms with Gasteiger partial charge in [0, 0.05) is 19.6 Å². The predicted molar refractivity (Wildman–Crippen MR) is 132 cm³/mol. The zero-order chi connectivity index (χ0) is 25.2. The quantitative estimate of drug-likeness (QED) is 0.296. The molecule has 8 heteroatoms. The minimum absolute atomic E-state index is 0.107. The van der Waals surface area contributed by atoms with Crippen molar-refractivity contribution < 1.29 is 29.0 Å². The van der Waals surface area contributed by atoms with E-state index in [1.54, 1.807) is 13.2 Å². The van der Waals surface area contributed by atoms with Crippen molar-refractivity contribution >= 4 is 18.0 Å². The van der Waals surface area contributed by atoms with E-state index in [-0.39, 0.29) is 25.4 Å². The highest BCUT2D eigenvalue weighted by molar-refractivity contribution is 5.89. The van der Waals surface area contributed by atoms with Crippen LogP contribution in [0.5, 0.6) is 0 Å². The highest BCUT2D eigenvalue weighted by Crippen LogP contribution is 2.44. The number of carboxylic acids is 1. The summed E-state index contributed by atoms with van der Waals surface area (Å²) in [5, 5.41) is 14.5. The van der Waals surface area contributed by atoms with Gasteiger partial charge in [-0.15, -0.1) is 6.58 Å². The zero-order valence-electron chi connectivity index (χ0n) is 19.9. The summed E-state index contributed by atoms with van der Waals surface area (Å²) in [6.07, 6.45) is 2.28. The molecule has 0 radical (unpaired) electrons. The minimum atomic E-state index is -1.14. The van der Waals surface area contributed by atoms with Crippen molar-refractivity contribution in [1.82, 2.24) is 10.6 Å². The van der Waals surface area contributed by atoms with E-state index in [0.717, 1.165) is 22.3 Å². The van der Waals surface area contributed by atoms with Gasteiger partial charge in [-0.25, -0.2) is 9.59 Å². The molecule has 35 heavy (non-hydrogen) atoms. The Morgan fingerprint density at radius 2 is 1.63 bits per heavy atom. The second kappa shape index (κ2) is 12.7. The van der Waals surface area contributed by atoms with Crippen LogP contribution in [0.25, 0.3) is 11.1 Å². The van der Waals surface area contributed by atoms with Gasteiger partial charge in [0.15, 0.2) is 0 Å². The largest absolute Gasteiger partial charge is 0.480 e. The van der Waals surface area contributed by atoms with Crippen LogP contribution < -0.4 is 10.6 Å². The Bertz CT molecular complexity index is 1010. The van der Waals surface area contributed by atoms with Gasteiger partial charge < -0.3 is 25.2 Å². The van der Waals surface area contributed by atoms with Crippen LogP contribution in [0.3, 0.4) is 0 Å². The number of benzene rings is 2. The van der Waals surface area contributed by atoms with Gasteiger partial charge in [-0.2, -0.15) is 0 Å². The van der Waals surface area contributed by atoms with E-state index in [9.17, 15) is 19.5 Å². The molecule has 2 aromatic rings. The van der Waals surface area contributed by atoms with Crippen molar-refractivity contribution in [2.24, 2.45) is 0 Å². The maximum Gasteiger partial charge on any atom is 0.407 e. The average molecular weight is 481 g/mol. The monoisotopic (exact) mass is 480 g/mol. The fraction of sp³-hybridized carbons (Fsp3) is 0.370. The van der Waals surface area contributed by atoms with Gasteiger partial charge in [0.1, 0.15) is 18.7 Å². The smallest absolute Gasteiger partial charge is 0.407 e. The van der Waals surface area contributed by atoms with Gasteiger partial charge in [-0.1, -0.05) is 54.6 Å². The highest BCUT2D eigenvalue weighted by atomic mass is 16.5. The van der Waals surface area contributed by atoms with Gasteiger partial charge in [0.2, 0.25) is 5.91 Å². The standard InChI is InChI=1S/C27H32N2O6/c1-3-4-14-24(26(31)32)28-25(30)23(15-9-16-34-2)29-27(33)35-17-22-20-12-7-5-10-18(20)19-11-6-8-13-21(19)22/h3,5-8,10-13,22-24H,1,4,9,14-17H2,2H3,(H,28,30)(H,29,33)(H,31,32). The molecule has 0 aromatic heterocycles. The molecule has 2 amide bonds. The first-order valence-electron chi connectivity index (χ1n) is 11.7. The first-order chi connectivity index (χ1) is 17.0. The number of hydrogen-bond donors (Lipinski definition) is 3. The molecule has 0 fully saturated rings. The number of amides is 2. The summed E-state index contributed by atoms with van der Waals surface area (Å²) < 4.78 is 10.6. The lowest BCUT2D eigenvalue weighted by Crippen LogP contribution is -2.51. The first-order valence-corrected chi connectivity index (χ1v) is 11.7. The molecule has 2 atom stereocenters. The molecule has 0 aliphatic heterocycles. The molecule has 1 aliphatic carbocycles. The van der Waals surface area contributed by atoms with Crippen LogP contribution in [-0.4, -0.2) is 55.5 Å². The van der Waals surface area contributed by atoms with E-state index >= 15 is 0 Å². The van der Waals surface area contributed by atoms with Crippen molar-refractivity contribution in [3.63, 3.8) is 0 Å². The second-order valence-electron chi connectivity index (χ2n) is 8.42. The summed E-state index contributed by atoms with van der Waals surface area (Å²) in [5.74, 6) is -1.83. The third-order valence-electron chi connectivity index (χ3n) is 6.07. The topological polar surface area (TPSA) is 114 Å². The van der Waals surface area contributed by atoms with Gasteiger partial charge in [0.25, 0.3) is 0 Å². The number of rotatable bonds is 13. The van der Waals surface area contributed by atoms with E-state index in [2.05, 4.69) is 29.3 Å². The van der Waals surface area contributed by atoms with Crippen molar-refractivity contribution in [3.05, 3.63) is 72.3 Å². The Morgan fingerprint density at radius 1 is 1.00 bits per heavy atom. The third-order valence-corrected chi connectivity index (χ3v) is 6.07. The molecule has 8 nitrogen and oxygen atoms in total. The van der Waals surface area contributed by atoms with Gasteiger partial charge >= 0.3 is 12.1 Å². The molecule has 0 saturated heterocycles. The van der Waals surface area contributed by atoms with Crippen LogP contribution >= 0.6 is 0 Å². The van der Waals surface area contributed by atoms with Crippen LogP contribution in [-0.2, 0) is 19.1 Å². The SMILES string of the molecule is C=CCCC(NC(=O)C(CCCOC)NC(=O)OCC1c2ccccc2-c2ccccc21)C(=O)O. The van der Waals surface area contributed by atoms with E-state index in [0.29, 0.717) is 19.4 Å². The Balaban J connectivity index is 1.65. The molecule has 2 unspecified atom stereocenters. The number of aliphatic carboxylic acids is 1. The van der Waals surface area contributed by atoms with E-state index < -0.39 is 30.1 Å². The Labute approximate surface area is 205 Å². The molecular weight excluding hydrogens is 448 g/mol. The second-order valence-corrected chi connectivity index (χ2v) is 8.42. The van der Waals surface area contributed by atoms with Gasteiger partial charge in [0.05, 0.1) is 0 Å². The summed E-state index contributed by atoms with van der Waals surface area (Å²) in [7, 11) is 1.55. The number of ether oxygens (including phenoxy) is 2. The summed E-state index contributed by atoms with van der Waals surface area (Å²) in [6.45, 7) is 4.10. The number of fused-ring (bicyclic) bond motifs is 3. The van der Waals surface area contributed by atoms with Crippen LogP contribution in [0.15, 0.2) is 61.2 Å². The van der Waals surface area contributed by atoms with Crippen molar-refractivity contribution in [2.75, 3.05) is 20.3 Å².